The molecule has 0 radical (unpaired) electrons. The van der Waals surface area contributed by atoms with E-state index in [0.717, 1.165) is 0 Å². The van der Waals surface area contributed by atoms with E-state index in [0.29, 0.717) is 42.6 Å². The molecular formula is C16H15Cl2FN4O. The van der Waals surface area contributed by atoms with E-state index in [1.807, 2.05) is 0 Å². The van der Waals surface area contributed by atoms with Crippen LogP contribution in [-0.2, 0) is 4.79 Å². The van der Waals surface area contributed by atoms with Crippen molar-refractivity contribution in [3.63, 3.8) is 0 Å². The maximum atomic E-state index is 13.2. The minimum absolute atomic E-state index is 0.0119. The summed E-state index contributed by atoms with van der Waals surface area (Å²) in [6, 6.07) is 4.14. The van der Waals surface area contributed by atoms with E-state index in [9.17, 15) is 9.18 Å². The molecule has 1 aromatic carbocycles. The molecule has 0 unspecified atom stereocenters. The van der Waals surface area contributed by atoms with Gasteiger partial charge in [-0.2, -0.15) is 0 Å². The van der Waals surface area contributed by atoms with Gasteiger partial charge in [0, 0.05) is 24.7 Å². The first kappa shape index (κ1) is 16.9. The summed E-state index contributed by atoms with van der Waals surface area (Å²) < 4.78 is 13.2. The highest BCUT2D eigenvalue weighted by Crippen LogP contribution is 2.25. The summed E-state index contributed by atoms with van der Waals surface area (Å²) in [6.45, 7) is 1.38. The fourth-order valence-corrected chi connectivity index (χ4v) is 3.00. The Balaban J connectivity index is 1.58. The summed E-state index contributed by atoms with van der Waals surface area (Å²) in [5.74, 6) is 0.00371. The highest BCUT2D eigenvalue weighted by atomic mass is 35.5. The fraction of sp³-hybridized carbons (Fsp3) is 0.312. The normalized spacial score (nSPS) is 15.4. The second kappa shape index (κ2) is 7.32. The minimum atomic E-state index is -0.509. The van der Waals surface area contributed by atoms with Gasteiger partial charge in [-0.05, 0) is 31.0 Å². The van der Waals surface area contributed by atoms with Crippen molar-refractivity contribution in [3.8, 4) is 0 Å². The summed E-state index contributed by atoms with van der Waals surface area (Å²) in [5, 5.41) is 3.12. The van der Waals surface area contributed by atoms with E-state index in [2.05, 4.69) is 20.2 Å². The Morgan fingerprint density at radius 3 is 2.67 bits per heavy atom. The summed E-state index contributed by atoms with van der Waals surface area (Å²) in [5.41, 5.74) is 0.495. The Morgan fingerprint density at radius 2 is 2.00 bits per heavy atom. The summed E-state index contributed by atoms with van der Waals surface area (Å²) in [6.07, 6.45) is 4.52. The second-order valence-electron chi connectivity index (χ2n) is 5.58. The zero-order valence-electron chi connectivity index (χ0n) is 12.7. The summed E-state index contributed by atoms with van der Waals surface area (Å²) in [7, 11) is 0. The van der Waals surface area contributed by atoms with Crippen molar-refractivity contribution in [2.24, 2.45) is 5.92 Å². The van der Waals surface area contributed by atoms with Gasteiger partial charge in [-0.3, -0.25) is 9.78 Å². The zero-order valence-corrected chi connectivity index (χ0v) is 14.2. The number of anilines is 2. The molecule has 8 heteroatoms. The molecule has 1 fully saturated rings. The lowest BCUT2D eigenvalue weighted by Crippen LogP contribution is -2.38. The fourth-order valence-electron chi connectivity index (χ4n) is 2.67. The van der Waals surface area contributed by atoms with Crippen LogP contribution in [0.1, 0.15) is 12.8 Å². The van der Waals surface area contributed by atoms with E-state index in [4.69, 9.17) is 23.2 Å². The van der Waals surface area contributed by atoms with Gasteiger partial charge in [0.25, 0.3) is 0 Å². The van der Waals surface area contributed by atoms with Gasteiger partial charge < -0.3 is 10.2 Å². The van der Waals surface area contributed by atoms with Crippen molar-refractivity contribution in [1.29, 1.82) is 0 Å². The predicted molar refractivity (Wildman–Crippen MR) is 92.0 cm³/mol. The first-order valence-electron chi connectivity index (χ1n) is 7.51. The lowest BCUT2D eigenvalue weighted by Gasteiger charge is -2.31. The Hall–Kier alpha value is -1.92. The van der Waals surface area contributed by atoms with Gasteiger partial charge in [-0.25, -0.2) is 9.37 Å². The number of nitrogens with zero attached hydrogens (tertiary/aromatic N) is 3. The summed E-state index contributed by atoms with van der Waals surface area (Å²) in [4.78, 5) is 22.7. The standard InChI is InChI=1S/C16H15Cl2FN4O/c17-12-7-11(1-2-13(12)19)21-16(24)10-3-5-23(6-4-10)15-9-20-8-14(18)22-15/h1-2,7-10H,3-6H2,(H,21,24). The molecule has 2 heterocycles. The molecule has 1 aromatic heterocycles. The zero-order chi connectivity index (χ0) is 17.1. The van der Waals surface area contributed by atoms with Crippen LogP contribution in [0.15, 0.2) is 30.6 Å². The van der Waals surface area contributed by atoms with Crippen molar-refractivity contribution < 1.29 is 9.18 Å². The molecule has 0 saturated carbocycles. The van der Waals surface area contributed by atoms with E-state index in [1.165, 1.54) is 24.4 Å². The van der Waals surface area contributed by atoms with Crippen LogP contribution in [0.2, 0.25) is 10.2 Å². The molecule has 5 nitrogen and oxygen atoms in total. The van der Waals surface area contributed by atoms with Gasteiger partial charge in [-0.15, -0.1) is 0 Å². The van der Waals surface area contributed by atoms with E-state index < -0.39 is 5.82 Å². The van der Waals surface area contributed by atoms with Crippen LogP contribution in [0.25, 0.3) is 0 Å². The monoisotopic (exact) mass is 368 g/mol. The quantitative estimate of drug-likeness (QED) is 0.895. The molecule has 1 amide bonds. The average Bonchev–Trinajstić information content (AvgIpc) is 2.58. The SMILES string of the molecule is O=C(Nc1ccc(F)c(Cl)c1)C1CCN(c2cncc(Cl)n2)CC1. The highest BCUT2D eigenvalue weighted by Gasteiger charge is 2.26. The Bertz CT molecular complexity index is 751. The third-order valence-corrected chi connectivity index (χ3v) is 4.44. The molecule has 1 aliphatic rings. The van der Waals surface area contributed by atoms with E-state index in [-0.39, 0.29) is 16.8 Å². The number of nitrogens with one attached hydrogen (secondary N) is 1. The van der Waals surface area contributed by atoms with Crippen LogP contribution in [0.3, 0.4) is 0 Å². The molecule has 24 heavy (non-hydrogen) atoms. The van der Waals surface area contributed by atoms with Crippen molar-refractivity contribution in [2.45, 2.75) is 12.8 Å². The smallest absolute Gasteiger partial charge is 0.227 e. The number of aromatic nitrogens is 2. The van der Waals surface area contributed by atoms with Gasteiger partial charge in [0.2, 0.25) is 5.91 Å². The van der Waals surface area contributed by atoms with Gasteiger partial charge >= 0.3 is 0 Å². The van der Waals surface area contributed by atoms with Crippen LogP contribution in [0.4, 0.5) is 15.9 Å². The molecule has 0 bridgehead atoms. The number of hydrogen-bond acceptors (Lipinski definition) is 4. The molecular weight excluding hydrogens is 354 g/mol. The van der Waals surface area contributed by atoms with Crippen LogP contribution >= 0.6 is 23.2 Å². The topological polar surface area (TPSA) is 58.1 Å². The van der Waals surface area contributed by atoms with Crippen LogP contribution < -0.4 is 10.2 Å². The van der Waals surface area contributed by atoms with Gasteiger partial charge in [0.1, 0.15) is 16.8 Å². The Kier molecular flexibility index (Phi) is 5.16. The number of carbonyl (C=O) groups is 1. The first-order valence-corrected chi connectivity index (χ1v) is 8.27. The number of carbonyl (C=O) groups excluding carboxylic acids is 1. The van der Waals surface area contributed by atoms with Crippen molar-refractivity contribution in [1.82, 2.24) is 9.97 Å². The lowest BCUT2D eigenvalue weighted by atomic mass is 9.96. The molecule has 1 aliphatic heterocycles. The number of amides is 1. The molecule has 126 valence electrons. The van der Waals surface area contributed by atoms with Gasteiger partial charge in [0.15, 0.2) is 0 Å². The molecule has 3 rings (SSSR count). The third kappa shape index (κ3) is 3.94. The van der Waals surface area contributed by atoms with E-state index in [1.54, 1.807) is 6.20 Å². The highest BCUT2D eigenvalue weighted by molar-refractivity contribution is 6.31. The average molecular weight is 369 g/mol. The predicted octanol–water partition coefficient (Wildman–Crippen LogP) is 3.78. The first-order chi connectivity index (χ1) is 11.5. The van der Waals surface area contributed by atoms with Crippen LogP contribution in [0.5, 0.6) is 0 Å². The molecule has 0 spiro atoms. The Labute approximate surface area is 148 Å². The van der Waals surface area contributed by atoms with Gasteiger partial charge in [0.05, 0.1) is 17.4 Å². The molecule has 0 aliphatic carbocycles. The third-order valence-electron chi connectivity index (χ3n) is 3.97. The van der Waals surface area contributed by atoms with Crippen LogP contribution in [-0.4, -0.2) is 29.0 Å². The van der Waals surface area contributed by atoms with Crippen molar-refractivity contribution in [3.05, 3.63) is 46.6 Å². The summed E-state index contributed by atoms with van der Waals surface area (Å²) >= 11 is 11.6. The number of hydrogen-bond donors (Lipinski definition) is 1. The van der Waals surface area contributed by atoms with E-state index >= 15 is 0 Å². The Morgan fingerprint density at radius 1 is 1.25 bits per heavy atom. The number of piperidine rings is 1. The lowest BCUT2D eigenvalue weighted by molar-refractivity contribution is -0.120. The second-order valence-corrected chi connectivity index (χ2v) is 6.37. The number of halogens is 3. The number of benzene rings is 1. The van der Waals surface area contributed by atoms with Gasteiger partial charge in [-0.1, -0.05) is 23.2 Å². The molecule has 1 N–H and O–H groups in total. The van der Waals surface area contributed by atoms with Crippen molar-refractivity contribution in [2.75, 3.05) is 23.3 Å². The van der Waals surface area contributed by atoms with Crippen molar-refractivity contribution >= 4 is 40.6 Å². The molecule has 2 aromatic rings. The molecule has 0 atom stereocenters. The maximum absolute atomic E-state index is 13.2. The number of rotatable bonds is 3. The largest absolute Gasteiger partial charge is 0.355 e. The maximum Gasteiger partial charge on any atom is 0.227 e. The minimum Gasteiger partial charge on any atom is -0.355 e. The van der Waals surface area contributed by atoms with Crippen LogP contribution in [0, 0.1) is 11.7 Å². The molecule has 1 saturated heterocycles.